The van der Waals surface area contributed by atoms with Gasteiger partial charge in [0.05, 0.1) is 29.4 Å². The number of hydrogen-bond donors (Lipinski definition) is 2. The van der Waals surface area contributed by atoms with Crippen molar-refractivity contribution in [3.8, 4) is 0 Å². The number of nitrogens with one attached hydrogen (secondary N) is 2. The second kappa shape index (κ2) is 9.95. The Bertz CT molecular complexity index is 1060. The van der Waals surface area contributed by atoms with Crippen LogP contribution in [0, 0.1) is 13.7 Å². The average molecular weight is 580 g/mol. The van der Waals surface area contributed by atoms with E-state index >= 15 is 0 Å². The first-order chi connectivity index (χ1) is 15.1. The number of nitro benzene ring substituents is 1. The summed E-state index contributed by atoms with van der Waals surface area (Å²) in [5, 5.41) is 15.8. The first-order valence-corrected chi connectivity index (χ1v) is 10.6. The van der Waals surface area contributed by atoms with Crippen molar-refractivity contribution in [1.29, 1.82) is 0 Å². The SMILES string of the molecule is O=C(NC(=S)Nc1ccc(I)cc1C(F)(F)F)c1ccc(N2CCOCC2)c([N+](=O)[O-])c1. The number of carbonyl (C=O) groups is 1. The highest BCUT2D eigenvalue weighted by molar-refractivity contribution is 14.1. The monoisotopic (exact) mass is 580 g/mol. The Morgan fingerprint density at radius 1 is 1.19 bits per heavy atom. The molecule has 1 saturated heterocycles. The number of anilines is 2. The number of amides is 1. The maximum atomic E-state index is 13.3. The highest BCUT2D eigenvalue weighted by Crippen LogP contribution is 2.36. The van der Waals surface area contributed by atoms with Gasteiger partial charge in [0.25, 0.3) is 11.6 Å². The third kappa shape index (κ3) is 5.83. The van der Waals surface area contributed by atoms with Gasteiger partial charge in [-0.1, -0.05) is 0 Å². The zero-order valence-corrected chi connectivity index (χ0v) is 19.2. The van der Waals surface area contributed by atoms with Crippen molar-refractivity contribution >= 4 is 62.9 Å². The minimum Gasteiger partial charge on any atom is -0.378 e. The minimum absolute atomic E-state index is 0.0588. The molecule has 0 unspecified atom stereocenters. The summed E-state index contributed by atoms with van der Waals surface area (Å²) in [6.45, 7) is 1.80. The van der Waals surface area contributed by atoms with Crippen LogP contribution in [0.1, 0.15) is 15.9 Å². The molecule has 1 amide bonds. The molecule has 0 aliphatic carbocycles. The van der Waals surface area contributed by atoms with Gasteiger partial charge < -0.3 is 15.0 Å². The van der Waals surface area contributed by atoms with Crippen LogP contribution in [-0.4, -0.2) is 42.2 Å². The number of ether oxygens (including phenoxy) is 1. The van der Waals surface area contributed by atoms with E-state index in [1.54, 1.807) is 27.5 Å². The van der Waals surface area contributed by atoms with Crippen molar-refractivity contribution in [3.63, 3.8) is 0 Å². The molecule has 1 aliphatic heterocycles. The number of morpholine rings is 1. The van der Waals surface area contributed by atoms with Crippen LogP contribution in [0.15, 0.2) is 36.4 Å². The lowest BCUT2D eigenvalue weighted by molar-refractivity contribution is -0.384. The average Bonchev–Trinajstić information content (AvgIpc) is 2.74. The number of hydrogen-bond acceptors (Lipinski definition) is 6. The van der Waals surface area contributed by atoms with Crippen LogP contribution in [0.2, 0.25) is 0 Å². The number of nitrogens with zero attached hydrogens (tertiary/aromatic N) is 2. The van der Waals surface area contributed by atoms with Crippen LogP contribution in [0.4, 0.5) is 30.2 Å². The van der Waals surface area contributed by atoms with Crippen molar-refractivity contribution in [2.45, 2.75) is 6.18 Å². The van der Waals surface area contributed by atoms with Crippen LogP contribution in [0.25, 0.3) is 0 Å². The van der Waals surface area contributed by atoms with E-state index in [9.17, 15) is 28.1 Å². The summed E-state index contributed by atoms with van der Waals surface area (Å²) in [6.07, 6.45) is -4.63. The van der Waals surface area contributed by atoms with Gasteiger partial charge in [0, 0.05) is 28.3 Å². The molecule has 8 nitrogen and oxygen atoms in total. The maximum Gasteiger partial charge on any atom is 0.418 e. The fourth-order valence-electron chi connectivity index (χ4n) is 3.07. The number of halogens is 4. The topological polar surface area (TPSA) is 96.7 Å². The van der Waals surface area contributed by atoms with Gasteiger partial charge in [0.1, 0.15) is 5.69 Å². The number of rotatable bonds is 4. The van der Waals surface area contributed by atoms with Gasteiger partial charge in [0.15, 0.2) is 5.11 Å². The first kappa shape index (κ1) is 24.1. The first-order valence-electron chi connectivity index (χ1n) is 9.16. The second-order valence-electron chi connectivity index (χ2n) is 6.66. The van der Waals surface area contributed by atoms with Crippen molar-refractivity contribution in [2.24, 2.45) is 0 Å². The quantitative estimate of drug-likeness (QED) is 0.243. The van der Waals surface area contributed by atoms with E-state index in [2.05, 4.69) is 10.6 Å². The number of benzene rings is 2. The molecule has 1 fully saturated rings. The van der Waals surface area contributed by atoms with Gasteiger partial charge in [-0.25, -0.2) is 0 Å². The van der Waals surface area contributed by atoms with Crippen molar-refractivity contribution in [1.82, 2.24) is 5.32 Å². The lowest BCUT2D eigenvalue weighted by Gasteiger charge is -2.28. The molecule has 0 bridgehead atoms. The molecule has 0 saturated carbocycles. The van der Waals surface area contributed by atoms with Crippen LogP contribution in [0.3, 0.4) is 0 Å². The fourth-order valence-corrected chi connectivity index (χ4v) is 3.77. The van der Waals surface area contributed by atoms with E-state index < -0.39 is 22.6 Å². The van der Waals surface area contributed by atoms with Gasteiger partial charge in [0.2, 0.25) is 0 Å². The number of carbonyl (C=O) groups excluding carboxylic acids is 1. The zero-order valence-electron chi connectivity index (χ0n) is 16.2. The highest BCUT2D eigenvalue weighted by Gasteiger charge is 2.34. The molecule has 32 heavy (non-hydrogen) atoms. The van der Waals surface area contributed by atoms with E-state index in [1.165, 1.54) is 24.3 Å². The van der Waals surface area contributed by atoms with E-state index in [0.717, 1.165) is 12.1 Å². The molecule has 13 heteroatoms. The van der Waals surface area contributed by atoms with E-state index in [-0.39, 0.29) is 22.1 Å². The van der Waals surface area contributed by atoms with Gasteiger partial charge in [-0.2, -0.15) is 13.2 Å². The summed E-state index contributed by atoms with van der Waals surface area (Å²) >= 11 is 6.73. The van der Waals surface area contributed by atoms with E-state index in [0.29, 0.717) is 35.6 Å². The van der Waals surface area contributed by atoms with Crippen molar-refractivity contribution in [3.05, 3.63) is 61.2 Å². The predicted molar refractivity (Wildman–Crippen MR) is 124 cm³/mol. The Morgan fingerprint density at radius 3 is 2.50 bits per heavy atom. The predicted octanol–water partition coefficient (Wildman–Crippen LogP) is 4.18. The van der Waals surface area contributed by atoms with Gasteiger partial charge in [-0.15, -0.1) is 0 Å². The normalized spacial score (nSPS) is 14.1. The van der Waals surface area contributed by atoms with E-state index in [1.807, 2.05) is 0 Å². The third-order valence-corrected chi connectivity index (χ3v) is 5.42. The largest absolute Gasteiger partial charge is 0.418 e. The Kier molecular flexibility index (Phi) is 7.51. The summed E-state index contributed by atoms with van der Waals surface area (Å²) in [5.41, 5.74) is -1.24. The molecule has 0 radical (unpaired) electrons. The molecule has 2 aromatic rings. The standard InChI is InChI=1S/C19H16F3IN4O4S/c20-19(21,22)13-10-12(23)2-3-14(13)24-18(32)25-17(28)11-1-4-15(16(9-11)27(29)30)26-5-7-31-8-6-26/h1-4,9-10H,5-8H2,(H2,24,25,28,32). The summed E-state index contributed by atoms with van der Waals surface area (Å²) in [7, 11) is 0. The molecule has 0 aromatic heterocycles. The molecule has 0 spiro atoms. The Hall–Kier alpha value is -2.52. The number of thiocarbonyl (C=S) groups is 1. The van der Waals surface area contributed by atoms with E-state index in [4.69, 9.17) is 17.0 Å². The van der Waals surface area contributed by atoms with Crippen molar-refractivity contribution < 1.29 is 27.6 Å². The maximum absolute atomic E-state index is 13.3. The minimum atomic E-state index is -4.63. The molecule has 170 valence electrons. The lowest BCUT2D eigenvalue weighted by atomic mass is 10.1. The molecule has 1 aliphatic rings. The van der Waals surface area contributed by atoms with Gasteiger partial charge in [-0.3, -0.25) is 20.2 Å². The smallest absolute Gasteiger partial charge is 0.378 e. The molecule has 2 aromatic carbocycles. The third-order valence-electron chi connectivity index (χ3n) is 4.55. The zero-order chi connectivity index (χ0) is 23.5. The van der Waals surface area contributed by atoms with Crippen LogP contribution in [-0.2, 0) is 10.9 Å². The molecular formula is C19H16F3IN4O4S. The summed E-state index contributed by atoms with van der Waals surface area (Å²) in [6, 6.07) is 7.55. The molecule has 2 N–H and O–H groups in total. The van der Waals surface area contributed by atoms with Gasteiger partial charge >= 0.3 is 6.18 Å². The van der Waals surface area contributed by atoms with Crippen LogP contribution in [0.5, 0.6) is 0 Å². The van der Waals surface area contributed by atoms with Crippen LogP contribution < -0.4 is 15.5 Å². The van der Waals surface area contributed by atoms with Crippen molar-refractivity contribution in [2.75, 3.05) is 36.5 Å². The summed E-state index contributed by atoms with van der Waals surface area (Å²) < 4.78 is 45.4. The summed E-state index contributed by atoms with van der Waals surface area (Å²) in [5.74, 6) is -0.793. The molecule has 3 rings (SSSR count). The number of nitro groups is 1. The Morgan fingerprint density at radius 2 is 1.88 bits per heavy atom. The Balaban J connectivity index is 1.77. The highest BCUT2D eigenvalue weighted by atomic mass is 127. The van der Waals surface area contributed by atoms with Crippen LogP contribution >= 0.6 is 34.8 Å². The lowest BCUT2D eigenvalue weighted by Crippen LogP contribution is -2.37. The number of alkyl halides is 3. The second-order valence-corrected chi connectivity index (χ2v) is 8.31. The Labute approximate surface area is 199 Å². The van der Waals surface area contributed by atoms with Gasteiger partial charge in [-0.05, 0) is 65.1 Å². The fraction of sp³-hybridized carbons (Fsp3) is 0.263. The summed E-state index contributed by atoms with van der Waals surface area (Å²) in [4.78, 5) is 25.2. The molecule has 1 heterocycles. The molecule has 0 atom stereocenters. The molecular weight excluding hydrogens is 564 g/mol.